The lowest BCUT2D eigenvalue weighted by atomic mass is 10.1. The Morgan fingerprint density at radius 3 is 2.50 bits per heavy atom. The molecule has 1 N–H and O–H groups in total. The van der Waals surface area contributed by atoms with Crippen LogP contribution in [0, 0.1) is 0 Å². The van der Waals surface area contributed by atoms with Crippen molar-refractivity contribution in [2.24, 2.45) is 7.05 Å². The van der Waals surface area contributed by atoms with Gasteiger partial charge in [-0.15, -0.1) is 0 Å². The molecule has 1 saturated heterocycles. The zero-order valence-electron chi connectivity index (χ0n) is 14.4. The lowest BCUT2D eigenvalue weighted by Gasteiger charge is -2.35. The molecule has 0 unspecified atom stereocenters. The van der Waals surface area contributed by atoms with E-state index in [2.05, 4.69) is 10.3 Å². The maximum atomic E-state index is 12.6. The number of hydrogen-bond donors (Lipinski definition) is 1. The van der Waals surface area contributed by atoms with E-state index in [-0.39, 0.29) is 18.1 Å². The van der Waals surface area contributed by atoms with Gasteiger partial charge in [0.25, 0.3) is 5.91 Å². The Labute approximate surface area is 142 Å². The summed E-state index contributed by atoms with van der Waals surface area (Å²) in [6.45, 7) is 5.93. The lowest BCUT2D eigenvalue weighted by molar-refractivity contribution is -0.0586. The maximum absolute atomic E-state index is 12.6. The van der Waals surface area contributed by atoms with E-state index in [1.165, 1.54) is 0 Å². The molecule has 1 aliphatic rings. The van der Waals surface area contributed by atoms with Crippen LogP contribution in [0.1, 0.15) is 30.0 Å². The summed E-state index contributed by atoms with van der Waals surface area (Å²) in [6.07, 6.45) is 3.86. The number of nitrogens with one attached hydrogen (secondary N) is 1. The molecule has 2 aromatic rings. The highest BCUT2D eigenvalue weighted by Crippen LogP contribution is 2.16. The highest BCUT2D eigenvalue weighted by Gasteiger charge is 2.26. The van der Waals surface area contributed by atoms with E-state index in [1.807, 2.05) is 60.8 Å². The molecule has 2 atom stereocenters. The van der Waals surface area contributed by atoms with Gasteiger partial charge in [0.1, 0.15) is 5.82 Å². The van der Waals surface area contributed by atoms with E-state index >= 15 is 0 Å². The number of benzene rings is 1. The number of amides is 1. The molecule has 3 rings (SSSR count). The van der Waals surface area contributed by atoms with Crippen LogP contribution in [-0.2, 0) is 18.3 Å². The SMILES string of the molecule is C[C@@H]1CN(C(=O)c2ccc(NCc3nccn3C)cc2)C[C@@H](C)O1. The van der Waals surface area contributed by atoms with Gasteiger partial charge in [-0.1, -0.05) is 0 Å². The molecule has 6 nitrogen and oxygen atoms in total. The van der Waals surface area contributed by atoms with Gasteiger partial charge in [0.15, 0.2) is 0 Å². The number of anilines is 1. The molecule has 1 aromatic carbocycles. The van der Waals surface area contributed by atoms with Crippen LogP contribution in [0.4, 0.5) is 5.69 Å². The number of nitrogens with zero attached hydrogens (tertiary/aromatic N) is 3. The maximum Gasteiger partial charge on any atom is 0.254 e. The van der Waals surface area contributed by atoms with Crippen LogP contribution in [0.15, 0.2) is 36.7 Å². The molecule has 24 heavy (non-hydrogen) atoms. The average molecular weight is 328 g/mol. The number of carbonyl (C=O) groups is 1. The molecule has 0 spiro atoms. The predicted molar refractivity (Wildman–Crippen MR) is 92.9 cm³/mol. The number of rotatable bonds is 4. The molecule has 1 aliphatic heterocycles. The van der Waals surface area contributed by atoms with Gasteiger partial charge in [0, 0.05) is 43.8 Å². The number of aromatic nitrogens is 2. The highest BCUT2D eigenvalue weighted by molar-refractivity contribution is 5.94. The van der Waals surface area contributed by atoms with Gasteiger partial charge >= 0.3 is 0 Å². The van der Waals surface area contributed by atoms with Crippen molar-refractivity contribution >= 4 is 11.6 Å². The number of carbonyl (C=O) groups excluding carboxylic acids is 1. The van der Waals surface area contributed by atoms with Gasteiger partial charge in [-0.05, 0) is 38.1 Å². The van der Waals surface area contributed by atoms with Gasteiger partial charge in [-0.3, -0.25) is 4.79 Å². The summed E-state index contributed by atoms with van der Waals surface area (Å²) in [5.74, 6) is 1.03. The van der Waals surface area contributed by atoms with Gasteiger partial charge in [-0.25, -0.2) is 4.98 Å². The second-order valence-corrected chi connectivity index (χ2v) is 6.35. The molecule has 1 fully saturated rings. The van der Waals surface area contributed by atoms with Crippen molar-refractivity contribution < 1.29 is 9.53 Å². The van der Waals surface area contributed by atoms with Crippen LogP contribution in [0.25, 0.3) is 0 Å². The number of ether oxygens (including phenoxy) is 1. The first-order valence-corrected chi connectivity index (χ1v) is 8.28. The minimum Gasteiger partial charge on any atom is -0.378 e. The van der Waals surface area contributed by atoms with E-state index in [1.54, 1.807) is 6.20 Å². The van der Waals surface area contributed by atoms with Crippen molar-refractivity contribution in [1.29, 1.82) is 0 Å². The Morgan fingerprint density at radius 1 is 1.25 bits per heavy atom. The number of morpholine rings is 1. The van der Waals surface area contributed by atoms with Crippen molar-refractivity contribution in [1.82, 2.24) is 14.5 Å². The molecule has 0 saturated carbocycles. The third kappa shape index (κ3) is 3.76. The third-order valence-electron chi connectivity index (χ3n) is 4.21. The first-order chi connectivity index (χ1) is 11.5. The van der Waals surface area contributed by atoms with E-state index in [9.17, 15) is 4.79 Å². The average Bonchev–Trinajstić information content (AvgIpc) is 2.97. The Morgan fingerprint density at radius 2 is 1.92 bits per heavy atom. The normalized spacial score (nSPS) is 20.9. The number of aryl methyl sites for hydroxylation is 1. The monoisotopic (exact) mass is 328 g/mol. The molecule has 128 valence electrons. The van der Waals surface area contributed by atoms with E-state index in [0.29, 0.717) is 25.2 Å². The third-order valence-corrected chi connectivity index (χ3v) is 4.21. The van der Waals surface area contributed by atoms with Crippen LogP contribution >= 0.6 is 0 Å². The van der Waals surface area contributed by atoms with Crippen molar-refractivity contribution in [2.45, 2.75) is 32.6 Å². The van der Waals surface area contributed by atoms with Crippen molar-refractivity contribution in [2.75, 3.05) is 18.4 Å². The van der Waals surface area contributed by atoms with E-state index < -0.39 is 0 Å². The topological polar surface area (TPSA) is 59.4 Å². The highest BCUT2D eigenvalue weighted by atomic mass is 16.5. The van der Waals surface area contributed by atoms with Crippen LogP contribution in [-0.4, -0.2) is 45.7 Å². The molecular formula is C18H24N4O2. The summed E-state index contributed by atoms with van der Waals surface area (Å²) >= 11 is 0. The van der Waals surface area contributed by atoms with Crippen molar-refractivity contribution in [3.63, 3.8) is 0 Å². The summed E-state index contributed by atoms with van der Waals surface area (Å²) in [4.78, 5) is 18.8. The summed E-state index contributed by atoms with van der Waals surface area (Å²) in [5.41, 5.74) is 1.68. The van der Waals surface area contributed by atoms with Gasteiger partial charge < -0.3 is 19.5 Å². The lowest BCUT2D eigenvalue weighted by Crippen LogP contribution is -2.48. The standard InChI is InChI=1S/C18H24N4O2/c1-13-11-22(12-14(2)24-13)18(23)15-4-6-16(7-5-15)20-10-17-19-8-9-21(17)3/h4-9,13-14,20H,10-12H2,1-3H3/t13-,14-/m1/s1. The fourth-order valence-electron chi connectivity index (χ4n) is 3.00. The van der Waals surface area contributed by atoms with Crippen LogP contribution in [0.5, 0.6) is 0 Å². The smallest absolute Gasteiger partial charge is 0.254 e. The summed E-state index contributed by atoms with van der Waals surface area (Å²) < 4.78 is 7.66. The Hall–Kier alpha value is -2.34. The minimum atomic E-state index is 0.0626. The Balaban J connectivity index is 1.61. The van der Waals surface area contributed by atoms with Crippen molar-refractivity contribution in [3.8, 4) is 0 Å². The largest absolute Gasteiger partial charge is 0.378 e. The number of imidazole rings is 1. The zero-order valence-corrected chi connectivity index (χ0v) is 14.4. The molecule has 0 bridgehead atoms. The van der Waals surface area contributed by atoms with E-state index in [4.69, 9.17) is 4.74 Å². The Kier molecular flexibility index (Phi) is 4.85. The quantitative estimate of drug-likeness (QED) is 0.935. The van der Waals surface area contributed by atoms with Gasteiger partial charge in [0.05, 0.1) is 18.8 Å². The van der Waals surface area contributed by atoms with E-state index in [0.717, 1.165) is 11.5 Å². The van der Waals surface area contributed by atoms with Gasteiger partial charge in [0.2, 0.25) is 0 Å². The fraction of sp³-hybridized carbons (Fsp3) is 0.444. The molecule has 2 heterocycles. The predicted octanol–water partition coefficient (Wildman–Crippen LogP) is 2.28. The van der Waals surface area contributed by atoms with Gasteiger partial charge in [-0.2, -0.15) is 0 Å². The summed E-state index contributed by atoms with van der Waals surface area (Å²) in [6, 6.07) is 7.61. The first kappa shape index (κ1) is 16.5. The molecule has 0 aliphatic carbocycles. The second-order valence-electron chi connectivity index (χ2n) is 6.35. The Bertz CT molecular complexity index is 685. The summed E-state index contributed by atoms with van der Waals surface area (Å²) in [5, 5.41) is 3.32. The summed E-state index contributed by atoms with van der Waals surface area (Å²) in [7, 11) is 1.97. The first-order valence-electron chi connectivity index (χ1n) is 8.28. The molecule has 1 aromatic heterocycles. The van der Waals surface area contributed by atoms with Crippen LogP contribution in [0.2, 0.25) is 0 Å². The van der Waals surface area contributed by atoms with Crippen molar-refractivity contribution in [3.05, 3.63) is 48.0 Å². The zero-order chi connectivity index (χ0) is 17.1. The molecule has 1 amide bonds. The molecule has 6 heteroatoms. The minimum absolute atomic E-state index is 0.0626. The van der Waals surface area contributed by atoms with Crippen LogP contribution in [0.3, 0.4) is 0 Å². The number of hydrogen-bond acceptors (Lipinski definition) is 4. The molecule has 0 radical (unpaired) electrons. The van der Waals surface area contributed by atoms with Crippen LogP contribution < -0.4 is 5.32 Å². The fourth-order valence-corrected chi connectivity index (χ4v) is 3.00. The molecular weight excluding hydrogens is 304 g/mol. The second kappa shape index (κ2) is 7.05.